The van der Waals surface area contributed by atoms with Crippen molar-refractivity contribution in [2.75, 3.05) is 11.9 Å². The van der Waals surface area contributed by atoms with Crippen LogP contribution in [0.2, 0.25) is 0 Å². The van der Waals surface area contributed by atoms with Crippen molar-refractivity contribution >= 4 is 34.0 Å². The molecule has 0 aromatic heterocycles. The van der Waals surface area contributed by atoms with E-state index in [4.69, 9.17) is 0 Å². The molecule has 0 saturated heterocycles. The minimum atomic E-state index is -0.641. The third-order valence-electron chi connectivity index (χ3n) is 3.86. The van der Waals surface area contributed by atoms with Gasteiger partial charge < -0.3 is 5.32 Å². The number of amides is 2. The van der Waals surface area contributed by atoms with Gasteiger partial charge in [-0.25, -0.2) is 0 Å². The van der Waals surface area contributed by atoms with Crippen LogP contribution in [0.3, 0.4) is 0 Å². The van der Waals surface area contributed by atoms with Crippen molar-refractivity contribution in [2.24, 2.45) is 0 Å². The summed E-state index contributed by atoms with van der Waals surface area (Å²) in [4.78, 5) is 34.1. The Balaban J connectivity index is 1.56. The van der Waals surface area contributed by atoms with Gasteiger partial charge in [0.05, 0.1) is 11.5 Å². The van der Waals surface area contributed by atoms with Gasteiger partial charge in [0.1, 0.15) is 0 Å². The van der Waals surface area contributed by atoms with Crippen LogP contribution < -0.4 is 16.2 Å². The Morgan fingerprint density at radius 1 is 0.926 bits per heavy atom. The average Bonchev–Trinajstić information content (AvgIpc) is 2.70. The van der Waals surface area contributed by atoms with Gasteiger partial charge in [-0.3, -0.25) is 30.6 Å². The fourth-order valence-corrected chi connectivity index (χ4v) is 2.56. The van der Waals surface area contributed by atoms with Crippen molar-refractivity contribution < 1.29 is 14.5 Å². The standard InChI is InChI=1S/C19H16N4O4/c24-18(12-20-17-10-4-6-13-5-1-2-9-16(13)17)21-22-19(25)14-7-3-8-15(11-14)23(26)27/h1-11,20H,12H2,(H,21,24)(H,22,25). The zero-order chi connectivity index (χ0) is 19.2. The number of rotatable bonds is 5. The van der Waals surface area contributed by atoms with Gasteiger partial charge in [-0.1, -0.05) is 42.5 Å². The summed E-state index contributed by atoms with van der Waals surface area (Å²) in [5.74, 6) is -1.10. The SMILES string of the molecule is O=C(CNc1cccc2ccccc12)NNC(=O)c1cccc([N+](=O)[O-])c1. The summed E-state index contributed by atoms with van der Waals surface area (Å²) in [5, 5.41) is 15.8. The maximum atomic E-state index is 12.0. The van der Waals surface area contributed by atoms with Crippen LogP contribution in [0.15, 0.2) is 66.7 Å². The molecule has 3 aromatic carbocycles. The van der Waals surface area contributed by atoms with Gasteiger partial charge in [0, 0.05) is 28.8 Å². The molecule has 0 aliphatic rings. The first-order valence-electron chi connectivity index (χ1n) is 8.10. The van der Waals surface area contributed by atoms with E-state index in [2.05, 4.69) is 16.2 Å². The van der Waals surface area contributed by atoms with Crippen LogP contribution in [-0.2, 0) is 4.79 Å². The van der Waals surface area contributed by atoms with E-state index in [1.807, 2.05) is 42.5 Å². The monoisotopic (exact) mass is 364 g/mol. The number of anilines is 1. The highest BCUT2D eigenvalue weighted by molar-refractivity contribution is 5.97. The second-order valence-electron chi connectivity index (χ2n) is 5.69. The number of hydrazine groups is 1. The van der Waals surface area contributed by atoms with E-state index in [-0.39, 0.29) is 17.8 Å². The Hall–Kier alpha value is -3.94. The predicted molar refractivity (Wildman–Crippen MR) is 101 cm³/mol. The predicted octanol–water partition coefficient (Wildman–Crippen LogP) is 2.62. The number of nitrogens with zero attached hydrogens (tertiary/aromatic N) is 1. The zero-order valence-electron chi connectivity index (χ0n) is 14.1. The van der Waals surface area contributed by atoms with Crippen LogP contribution in [0.25, 0.3) is 10.8 Å². The third kappa shape index (κ3) is 4.37. The largest absolute Gasteiger partial charge is 0.376 e. The molecular weight excluding hydrogens is 348 g/mol. The Morgan fingerprint density at radius 3 is 2.48 bits per heavy atom. The zero-order valence-corrected chi connectivity index (χ0v) is 14.1. The molecule has 0 aliphatic carbocycles. The van der Waals surface area contributed by atoms with Gasteiger partial charge in [-0.05, 0) is 17.5 Å². The highest BCUT2D eigenvalue weighted by Gasteiger charge is 2.12. The lowest BCUT2D eigenvalue weighted by atomic mass is 10.1. The maximum absolute atomic E-state index is 12.0. The molecule has 136 valence electrons. The topological polar surface area (TPSA) is 113 Å². The van der Waals surface area contributed by atoms with Crippen LogP contribution in [0.1, 0.15) is 10.4 Å². The first kappa shape index (κ1) is 17.9. The summed E-state index contributed by atoms with van der Waals surface area (Å²) in [7, 11) is 0. The summed E-state index contributed by atoms with van der Waals surface area (Å²) in [6, 6.07) is 18.7. The van der Waals surface area contributed by atoms with Gasteiger partial charge in [-0.15, -0.1) is 0 Å². The molecule has 3 aromatic rings. The Morgan fingerprint density at radius 2 is 1.67 bits per heavy atom. The number of nitro benzene ring substituents is 1. The Labute approximate surface area is 154 Å². The van der Waals surface area contributed by atoms with E-state index in [0.717, 1.165) is 22.5 Å². The minimum Gasteiger partial charge on any atom is -0.376 e. The van der Waals surface area contributed by atoms with E-state index in [9.17, 15) is 19.7 Å². The first-order valence-corrected chi connectivity index (χ1v) is 8.10. The van der Waals surface area contributed by atoms with Crippen molar-refractivity contribution in [1.82, 2.24) is 10.9 Å². The molecule has 0 atom stereocenters. The van der Waals surface area contributed by atoms with Crippen LogP contribution in [-0.4, -0.2) is 23.3 Å². The lowest BCUT2D eigenvalue weighted by Gasteiger charge is -2.11. The van der Waals surface area contributed by atoms with Crippen molar-refractivity contribution in [3.8, 4) is 0 Å². The minimum absolute atomic E-state index is 0.0524. The quantitative estimate of drug-likeness (QED) is 0.476. The summed E-state index contributed by atoms with van der Waals surface area (Å²) >= 11 is 0. The van der Waals surface area contributed by atoms with Gasteiger partial charge in [0.25, 0.3) is 17.5 Å². The number of nitro groups is 1. The highest BCUT2D eigenvalue weighted by atomic mass is 16.6. The lowest BCUT2D eigenvalue weighted by Crippen LogP contribution is -2.44. The molecule has 3 N–H and O–H groups in total. The lowest BCUT2D eigenvalue weighted by molar-refractivity contribution is -0.384. The molecule has 8 heteroatoms. The van der Waals surface area contributed by atoms with Crippen LogP contribution >= 0.6 is 0 Å². The summed E-state index contributed by atoms with van der Waals surface area (Å²) in [5.41, 5.74) is 5.19. The number of carbonyl (C=O) groups excluding carboxylic acids is 2. The van der Waals surface area contributed by atoms with E-state index in [1.165, 1.54) is 18.2 Å². The normalized spacial score (nSPS) is 10.2. The van der Waals surface area contributed by atoms with Crippen molar-refractivity contribution in [3.63, 3.8) is 0 Å². The van der Waals surface area contributed by atoms with Crippen LogP contribution in [0, 0.1) is 10.1 Å². The Kier molecular flexibility index (Phi) is 5.27. The molecule has 2 amide bonds. The summed E-state index contributed by atoms with van der Waals surface area (Å²) < 4.78 is 0. The average molecular weight is 364 g/mol. The number of carbonyl (C=O) groups is 2. The number of hydrogen-bond acceptors (Lipinski definition) is 5. The molecule has 8 nitrogen and oxygen atoms in total. The summed E-state index contributed by atoms with van der Waals surface area (Å²) in [6.07, 6.45) is 0. The molecule has 3 rings (SSSR count). The second kappa shape index (κ2) is 7.96. The molecule has 0 unspecified atom stereocenters. The van der Waals surface area contributed by atoms with Gasteiger partial charge in [-0.2, -0.15) is 0 Å². The molecule has 0 spiro atoms. The van der Waals surface area contributed by atoms with Gasteiger partial charge in [0.15, 0.2) is 0 Å². The second-order valence-corrected chi connectivity index (χ2v) is 5.69. The molecule has 0 saturated carbocycles. The number of fused-ring (bicyclic) bond motifs is 1. The molecule has 0 bridgehead atoms. The molecular formula is C19H16N4O4. The molecule has 27 heavy (non-hydrogen) atoms. The molecule has 0 fully saturated rings. The van der Waals surface area contributed by atoms with Crippen LogP contribution in [0.4, 0.5) is 11.4 Å². The number of non-ortho nitro benzene ring substituents is 1. The smallest absolute Gasteiger partial charge is 0.270 e. The van der Waals surface area contributed by atoms with Crippen LogP contribution in [0.5, 0.6) is 0 Å². The van der Waals surface area contributed by atoms with Gasteiger partial charge >= 0.3 is 0 Å². The number of nitrogens with one attached hydrogen (secondary N) is 3. The molecule has 0 aliphatic heterocycles. The van der Waals surface area contributed by atoms with E-state index >= 15 is 0 Å². The van der Waals surface area contributed by atoms with Crippen molar-refractivity contribution in [3.05, 3.63) is 82.4 Å². The Bertz CT molecular complexity index is 1010. The fourth-order valence-electron chi connectivity index (χ4n) is 2.56. The fraction of sp³-hybridized carbons (Fsp3) is 0.0526. The van der Waals surface area contributed by atoms with E-state index in [1.54, 1.807) is 0 Å². The molecule has 0 heterocycles. The summed E-state index contributed by atoms with van der Waals surface area (Å²) in [6.45, 7) is -0.0524. The highest BCUT2D eigenvalue weighted by Crippen LogP contribution is 2.22. The molecule has 0 radical (unpaired) electrons. The van der Waals surface area contributed by atoms with Crippen molar-refractivity contribution in [1.29, 1.82) is 0 Å². The van der Waals surface area contributed by atoms with E-state index in [0.29, 0.717) is 0 Å². The number of hydrogen-bond donors (Lipinski definition) is 3. The number of benzene rings is 3. The maximum Gasteiger partial charge on any atom is 0.270 e. The first-order chi connectivity index (χ1) is 13.0. The third-order valence-corrected chi connectivity index (χ3v) is 3.86. The van der Waals surface area contributed by atoms with E-state index < -0.39 is 16.7 Å². The van der Waals surface area contributed by atoms with Crippen molar-refractivity contribution in [2.45, 2.75) is 0 Å². The van der Waals surface area contributed by atoms with Gasteiger partial charge in [0.2, 0.25) is 0 Å².